The number of carbonyl (C=O) groups is 1. The minimum atomic E-state index is -0.101. The van der Waals surface area contributed by atoms with Crippen LogP contribution in [-0.4, -0.2) is 22.5 Å². The third kappa shape index (κ3) is 2.93. The Labute approximate surface area is 121 Å². The van der Waals surface area contributed by atoms with Gasteiger partial charge in [0, 0.05) is 6.54 Å². The van der Waals surface area contributed by atoms with Gasteiger partial charge in [-0.05, 0) is 37.0 Å². The molecule has 1 aromatic carbocycles. The van der Waals surface area contributed by atoms with Gasteiger partial charge in [-0.25, -0.2) is 4.98 Å². The molecule has 0 unspecified atom stereocenters. The normalized spacial score (nSPS) is 16.4. The molecular formula is C15H18N2O2S. The molecule has 5 heteroatoms. The second kappa shape index (κ2) is 5.79. The maximum absolute atomic E-state index is 12.1. The fourth-order valence-electron chi connectivity index (χ4n) is 2.71. The van der Waals surface area contributed by atoms with E-state index in [1.165, 1.54) is 43.4 Å². The predicted molar refractivity (Wildman–Crippen MR) is 80.2 cm³/mol. The highest BCUT2D eigenvalue weighted by molar-refractivity contribution is 7.20. The summed E-state index contributed by atoms with van der Waals surface area (Å²) in [4.78, 5) is 16.4. The topological polar surface area (TPSA) is 62.2 Å². The van der Waals surface area contributed by atoms with Gasteiger partial charge in [-0.15, -0.1) is 11.3 Å². The molecule has 106 valence electrons. The summed E-state index contributed by atoms with van der Waals surface area (Å²) in [5.74, 6) is 0.720. The van der Waals surface area contributed by atoms with Crippen LogP contribution < -0.4 is 5.32 Å². The third-order valence-electron chi connectivity index (χ3n) is 3.84. The molecule has 0 saturated heterocycles. The number of aromatic nitrogens is 1. The maximum atomic E-state index is 12.1. The standard InChI is InChI=1S/C15H18N2O2S/c18-11-6-7-12-13(8-11)20-15(17-12)14(19)16-9-10-4-2-1-3-5-10/h6-8,10,18H,1-5,9H2,(H,16,19). The monoisotopic (exact) mass is 290 g/mol. The lowest BCUT2D eigenvalue weighted by atomic mass is 9.89. The van der Waals surface area contributed by atoms with Gasteiger partial charge >= 0.3 is 0 Å². The van der Waals surface area contributed by atoms with Crippen LogP contribution in [0.3, 0.4) is 0 Å². The van der Waals surface area contributed by atoms with E-state index in [2.05, 4.69) is 10.3 Å². The van der Waals surface area contributed by atoms with Crippen LogP contribution in [0.2, 0.25) is 0 Å². The molecule has 0 aliphatic heterocycles. The van der Waals surface area contributed by atoms with Crippen molar-refractivity contribution in [2.24, 2.45) is 5.92 Å². The third-order valence-corrected chi connectivity index (χ3v) is 4.86. The number of amides is 1. The number of benzene rings is 1. The number of hydrogen-bond acceptors (Lipinski definition) is 4. The molecule has 1 fully saturated rings. The minimum absolute atomic E-state index is 0.101. The molecule has 1 aliphatic rings. The van der Waals surface area contributed by atoms with Gasteiger partial charge in [-0.3, -0.25) is 4.79 Å². The molecule has 1 aromatic heterocycles. The molecule has 0 spiro atoms. The summed E-state index contributed by atoms with van der Waals surface area (Å²) in [6, 6.07) is 4.97. The van der Waals surface area contributed by atoms with Crippen molar-refractivity contribution >= 4 is 27.5 Å². The number of nitrogens with one attached hydrogen (secondary N) is 1. The Bertz CT molecular complexity index is 617. The van der Waals surface area contributed by atoms with Crippen molar-refractivity contribution in [2.45, 2.75) is 32.1 Å². The first-order chi connectivity index (χ1) is 9.72. The number of nitrogens with zero attached hydrogens (tertiary/aromatic N) is 1. The number of thiazole rings is 1. The first kappa shape index (κ1) is 13.4. The van der Waals surface area contributed by atoms with Crippen molar-refractivity contribution in [1.29, 1.82) is 0 Å². The molecule has 1 aliphatic carbocycles. The SMILES string of the molecule is O=C(NCC1CCCCC1)c1nc2ccc(O)cc2s1. The summed E-state index contributed by atoms with van der Waals surface area (Å²) in [5.41, 5.74) is 0.760. The zero-order valence-corrected chi connectivity index (χ0v) is 12.1. The van der Waals surface area contributed by atoms with Crippen molar-refractivity contribution < 1.29 is 9.90 Å². The summed E-state index contributed by atoms with van der Waals surface area (Å²) in [7, 11) is 0. The molecule has 0 radical (unpaired) electrons. The average Bonchev–Trinajstić information content (AvgIpc) is 2.89. The first-order valence-corrected chi connectivity index (χ1v) is 7.92. The van der Waals surface area contributed by atoms with E-state index >= 15 is 0 Å². The van der Waals surface area contributed by atoms with Gasteiger partial charge in [-0.1, -0.05) is 19.3 Å². The summed E-state index contributed by atoms with van der Waals surface area (Å²) in [5, 5.41) is 12.9. The van der Waals surface area contributed by atoms with Gasteiger partial charge in [0.2, 0.25) is 0 Å². The quantitative estimate of drug-likeness (QED) is 0.911. The number of fused-ring (bicyclic) bond motifs is 1. The Morgan fingerprint density at radius 1 is 1.35 bits per heavy atom. The smallest absolute Gasteiger partial charge is 0.280 e. The van der Waals surface area contributed by atoms with E-state index in [1.54, 1.807) is 18.2 Å². The zero-order chi connectivity index (χ0) is 13.9. The van der Waals surface area contributed by atoms with Crippen LogP contribution in [0, 0.1) is 5.92 Å². The number of hydrogen-bond donors (Lipinski definition) is 2. The van der Waals surface area contributed by atoms with E-state index in [0.29, 0.717) is 10.9 Å². The van der Waals surface area contributed by atoms with Crippen LogP contribution in [0.4, 0.5) is 0 Å². The Morgan fingerprint density at radius 3 is 2.95 bits per heavy atom. The summed E-state index contributed by atoms with van der Waals surface area (Å²) in [6.45, 7) is 0.750. The van der Waals surface area contributed by atoms with E-state index in [0.717, 1.165) is 16.8 Å². The van der Waals surface area contributed by atoms with Crippen LogP contribution >= 0.6 is 11.3 Å². The Morgan fingerprint density at radius 2 is 2.15 bits per heavy atom. The van der Waals surface area contributed by atoms with Crippen LogP contribution in [0.25, 0.3) is 10.2 Å². The van der Waals surface area contributed by atoms with Crippen molar-refractivity contribution in [3.05, 3.63) is 23.2 Å². The number of rotatable bonds is 3. The van der Waals surface area contributed by atoms with Gasteiger partial charge in [0.05, 0.1) is 10.2 Å². The van der Waals surface area contributed by atoms with Gasteiger partial charge in [0.25, 0.3) is 5.91 Å². The Balaban J connectivity index is 1.65. The number of phenols is 1. The maximum Gasteiger partial charge on any atom is 0.280 e. The lowest BCUT2D eigenvalue weighted by molar-refractivity contribution is 0.0943. The van der Waals surface area contributed by atoms with Crippen LogP contribution in [0.5, 0.6) is 5.75 Å². The summed E-state index contributed by atoms with van der Waals surface area (Å²) < 4.78 is 0.841. The lowest BCUT2D eigenvalue weighted by Gasteiger charge is -2.21. The lowest BCUT2D eigenvalue weighted by Crippen LogP contribution is -2.30. The number of phenolic OH excluding ortho intramolecular Hbond substituents is 1. The molecule has 20 heavy (non-hydrogen) atoms. The molecule has 3 rings (SSSR count). The highest BCUT2D eigenvalue weighted by Gasteiger charge is 2.17. The highest BCUT2D eigenvalue weighted by Crippen LogP contribution is 2.26. The Kier molecular flexibility index (Phi) is 3.87. The van der Waals surface area contributed by atoms with Gasteiger partial charge in [0.1, 0.15) is 5.75 Å². The van der Waals surface area contributed by atoms with Crippen LogP contribution in [-0.2, 0) is 0 Å². The Hall–Kier alpha value is -1.62. The van der Waals surface area contributed by atoms with E-state index in [1.807, 2.05) is 0 Å². The molecule has 1 amide bonds. The molecule has 0 bridgehead atoms. The first-order valence-electron chi connectivity index (χ1n) is 7.10. The van der Waals surface area contributed by atoms with Crippen LogP contribution in [0.15, 0.2) is 18.2 Å². The van der Waals surface area contributed by atoms with Gasteiger partial charge in [-0.2, -0.15) is 0 Å². The predicted octanol–water partition coefficient (Wildman–Crippen LogP) is 3.31. The molecule has 4 nitrogen and oxygen atoms in total. The van der Waals surface area contributed by atoms with E-state index in [-0.39, 0.29) is 11.7 Å². The second-order valence-corrected chi connectivity index (χ2v) is 6.42. The molecule has 0 atom stereocenters. The van der Waals surface area contributed by atoms with Crippen molar-refractivity contribution in [2.75, 3.05) is 6.54 Å². The fraction of sp³-hybridized carbons (Fsp3) is 0.467. The van der Waals surface area contributed by atoms with E-state index < -0.39 is 0 Å². The van der Waals surface area contributed by atoms with Crippen molar-refractivity contribution in [3.8, 4) is 5.75 Å². The largest absolute Gasteiger partial charge is 0.508 e. The zero-order valence-electron chi connectivity index (χ0n) is 11.3. The molecule has 2 aromatic rings. The summed E-state index contributed by atoms with van der Waals surface area (Å²) >= 11 is 1.32. The molecule has 1 heterocycles. The fourth-order valence-corrected chi connectivity index (χ4v) is 3.63. The molecule has 1 saturated carbocycles. The van der Waals surface area contributed by atoms with Crippen molar-refractivity contribution in [1.82, 2.24) is 10.3 Å². The van der Waals surface area contributed by atoms with Crippen LogP contribution in [0.1, 0.15) is 41.9 Å². The van der Waals surface area contributed by atoms with Crippen molar-refractivity contribution in [3.63, 3.8) is 0 Å². The van der Waals surface area contributed by atoms with Gasteiger partial charge < -0.3 is 10.4 Å². The number of carbonyl (C=O) groups excluding carboxylic acids is 1. The van der Waals surface area contributed by atoms with E-state index in [4.69, 9.17) is 0 Å². The number of aromatic hydroxyl groups is 1. The molecular weight excluding hydrogens is 272 g/mol. The van der Waals surface area contributed by atoms with E-state index in [9.17, 15) is 9.90 Å². The average molecular weight is 290 g/mol. The highest BCUT2D eigenvalue weighted by atomic mass is 32.1. The molecule has 2 N–H and O–H groups in total. The summed E-state index contributed by atoms with van der Waals surface area (Å²) in [6.07, 6.45) is 6.32. The minimum Gasteiger partial charge on any atom is -0.508 e. The van der Waals surface area contributed by atoms with Gasteiger partial charge in [0.15, 0.2) is 5.01 Å². The second-order valence-electron chi connectivity index (χ2n) is 5.39.